The summed E-state index contributed by atoms with van der Waals surface area (Å²) in [5.41, 5.74) is -6.11. The van der Waals surface area contributed by atoms with Crippen molar-refractivity contribution in [3.05, 3.63) is 27.4 Å². The molecular weight excluding hydrogens is 317 g/mol. The Morgan fingerprint density at radius 2 is 1.85 bits per heavy atom. The molecule has 0 unspecified atom stereocenters. The molecule has 0 aliphatic carbocycles. The third-order valence-electron chi connectivity index (χ3n) is 1.98. The van der Waals surface area contributed by atoms with Gasteiger partial charge in [0.2, 0.25) is 5.69 Å². The van der Waals surface area contributed by atoms with E-state index in [9.17, 15) is 40.5 Å². The minimum Gasteiger partial charge on any atom is -0.258 e. The van der Waals surface area contributed by atoms with Crippen LogP contribution in [0.15, 0.2) is 11.1 Å². The average Bonchev–Trinajstić information content (AvgIpc) is 2.24. The quantitative estimate of drug-likeness (QED) is 0.515. The minimum atomic E-state index is -5.51. The molecule has 13 heteroatoms. The van der Waals surface area contributed by atoms with Crippen molar-refractivity contribution in [3.63, 3.8) is 0 Å². The van der Waals surface area contributed by atoms with Gasteiger partial charge in [-0.15, -0.1) is 0 Å². The van der Waals surface area contributed by atoms with Crippen LogP contribution in [-0.2, 0) is 16.2 Å². The third kappa shape index (κ3) is 3.16. The zero-order valence-electron chi connectivity index (χ0n) is 9.06. The standard InChI is InChI=1S/C7H4F5N3O4S/c8-6(9)2-1-3(20(13,18)19)14-5(7(10,11)12)4(2)15(16)17/h1,6H,(H2,13,18,19). The summed E-state index contributed by atoms with van der Waals surface area (Å²) in [5, 5.41) is 13.5. The highest BCUT2D eigenvalue weighted by Crippen LogP contribution is 2.40. The van der Waals surface area contributed by atoms with Gasteiger partial charge in [-0.05, 0) is 6.07 Å². The van der Waals surface area contributed by atoms with Crippen molar-refractivity contribution >= 4 is 15.7 Å². The molecule has 1 heterocycles. The Morgan fingerprint density at radius 1 is 1.35 bits per heavy atom. The molecule has 0 bridgehead atoms. The monoisotopic (exact) mass is 321 g/mol. The van der Waals surface area contributed by atoms with E-state index in [4.69, 9.17) is 0 Å². The van der Waals surface area contributed by atoms with E-state index < -0.39 is 49.5 Å². The fourth-order valence-corrected chi connectivity index (χ4v) is 1.74. The number of hydrogen-bond acceptors (Lipinski definition) is 5. The topological polar surface area (TPSA) is 116 Å². The average molecular weight is 321 g/mol. The summed E-state index contributed by atoms with van der Waals surface area (Å²) in [6.07, 6.45) is -9.23. The first-order chi connectivity index (χ1) is 8.85. The minimum absolute atomic E-state index is 0.0621. The lowest BCUT2D eigenvalue weighted by atomic mass is 10.1. The Bertz CT molecular complexity index is 657. The predicted molar refractivity (Wildman–Crippen MR) is 52.2 cm³/mol. The Morgan fingerprint density at radius 3 is 2.15 bits per heavy atom. The molecule has 20 heavy (non-hydrogen) atoms. The van der Waals surface area contributed by atoms with Gasteiger partial charge in [0.25, 0.3) is 16.4 Å². The van der Waals surface area contributed by atoms with Gasteiger partial charge < -0.3 is 0 Å². The number of nitro groups is 1. The van der Waals surface area contributed by atoms with Gasteiger partial charge in [-0.25, -0.2) is 27.3 Å². The van der Waals surface area contributed by atoms with Crippen molar-refractivity contribution in [2.45, 2.75) is 17.6 Å². The van der Waals surface area contributed by atoms with Crippen molar-refractivity contribution < 1.29 is 35.3 Å². The zero-order valence-corrected chi connectivity index (χ0v) is 9.87. The van der Waals surface area contributed by atoms with Gasteiger partial charge in [0.1, 0.15) is 5.56 Å². The van der Waals surface area contributed by atoms with E-state index in [1.165, 1.54) is 0 Å². The second-order valence-electron chi connectivity index (χ2n) is 3.35. The van der Waals surface area contributed by atoms with Crippen molar-refractivity contribution in [2.24, 2.45) is 5.14 Å². The fraction of sp³-hybridized carbons (Fsp3) is 0.286. The number of hydrogen-bond donors (Lipinski definition) is 1. The number of aromatic nitrogens is 1. The van der Waals surface area contributed by atoms with E-state index >= 15 is 0 Å². The first-order valence-corrected chi connectivity index (χ1v) is 5.97. The molecule has 0 atom stereocenters. The summed E-state index contributed by atoms with van der Waals surface area (Å²) in [6, 6.07) is -0.0621. The van der Waals surface area contributed by atoms with E-state index in [0.717, 1.165) is 0 Å². The van der Waals surface area contributed by atoms with E-state index in [2.05, 4.69) is 10.1 Å². The number of nitrogens with zero attached hydrogens (tertiary/aromatic N) is 2. The number of halogens is 5. The van der Waals surface area contributed by atoms with Crippen LogP contribution in [0.3, 0.4) is 0 Å². The van der Waals surface area contributed by atoms with Crippen LogP contribution in [0.25, 0.3) is 0 Å². The number of primary sulfonamides is 1. The summed E-state index contributed by atoms with van der Waals surface area (Å²) in [4.78, 5) is 11.3. The van der Waals surface area contributed by atoms with Gasteiger partial charge in [-0.1, -0.05) is 0 Å². The molecule has 112 valence electrons. The second-order valence-corrected chi connectivity index (χ2v) is 4.86. The molecule has 0 fully saturated rings. The van der Waals surface area contributed by atoms with Gasteiger partial charge in [0.15, 0.2) is 5.03 Å². The van der Waals surface area contributed by atoms with Crippen molar-refractivity contribution in [1.82, 2.24) is 4.98 Å². The molecule has 0 aromatic carbocycles. The van der Waals surface area contributed by atoms with Crippen molar-refractivity contribution in [2.75, 3.05) is 0 Å². The van der Waals surface area contributed by atoms with Crippen molar-refractivity contribution in [1.29, 1.82) is 0 Å². The number of rotatable bonds is 3. The van der Waals surface area contributed by atoms with Gasteiger partial charge in [0, 0.05) is 0 Å². The van der Waals surface area contributed by atoms with E-state index in [0.29, 0.717) is 0 Å². The highest BCUT2D eigenvalue weighted by atomic mass is 32.2. The zero-order chi connectivity index (χ0) is 15.9. The molecule has 1 rings (SSSR count). The molecule has 0 saturated carbocycles. The summed E-state index contributed by atoms with van der Waals surface area (Å²) in [6.45, 7) is 0. The maximum absolute atomic E-state index is 12.6. The molecule has 1 aromatic rings. The van der Waals surface area contributed by atoms with Crippen LogP contribution >= 0.6 is 0 Å². The fourth-order valence-electron chi connectivity index (χ4n) is 1.24. The second kappa shape index (κ2) is 4.90. The highest BCUT2D eigenvalue weighted by molar-refractivity contribution is 7.89. The van der Waals surface area contributed by atoms with Crippen molar-refractivity contribution in [3.8, 4) is 0 Å². The molecule has 2 N–H and O–H groups in total. The van der Waals surface area contributed by atoms with E-state index in [1.54, 1.807) is 0 Å². The maximum Gasteiger partial charge on any atom is 0.440 e. The van der Waals surface area contributed by atoms with Crippen LogP contribution in [0, 0.1) is 10.1 Å². The Kier molecular flexibility index (Phi) is 3.96. The van der Waals surface area contributed by atoms with Crippen LogP contribution in [0.1, 0.15) is 17.7 Å². The molecule has 0 spiro atoms. The number of pyridine rings is 1. The Balaban J connectivity index is 3.88. The molecule has 0 saturated heterocycles. The normalized spacial score (nSPS) is 12.8. The molecule has 7 nitrogen and oxygen atoms in total. The lowest BCUT2D eigenvalue weighted by Crippen LogP contribution is -2.20. The van der Waals surface area contributed by atoms with Gasteiger partial charge in [0.05, 0.1) is 4.92 Å². The SMILES string of the molecule is NS(=O)(=O)c1cc(C(F)F)c([N+](=O)[O-])c(C(F)(F)F)n1. The molecule has 0 aliphatic heterocycles. The van der Waals surface area contributed by atoms with Gasteiger partial charge >= 0.3 is 11.9 Å². The van der Waals surface area contributed by atoms with Crippen LogP contribution < -0.4 is 5.14 Å². The number of nitrogens with two attached hydrogens (primary N) is 1. The highest BCUT2D eigenvalue weighted by Gasteiger charge is 2.44. The van der Waals surface area contributed by atoms with Gasteiger partial charge in [-0.2, -0.15) is 13.2 Å². The molecule has 0 aliphatic rings. The molecule has 0 radical (unpaired) electrons. The summed E-state index contributed by atoms with van der Waals surface area (Å²) >= 11 is 0. The predicted octanol–water partition coefficient (Wildman–Crippen LogP) is 1.59. The van der Waals surface area contributed by atoms with Crippen LogP contribution in [0.2, 0.25) is 0 Å². The largest absolute Gasteiger partial charge is 0.440 e. The molecule has 0 amide bonds. The summed E-state index contributed by atoms with van der Waals surface area (Å²) < 4.78 is 84.7. The molecular formula is C7H4F5N3O4S. The maximum atomic E-state index is 12.6. The smallest absolute Gasteiger partial charge is 0.258 e. The molecule has 1 aromatic heterocycles. The van der Waals surface area contributed by atoms with Gasteiger partial charge in [-0.3, -0.25) is 10.1 Å². The lowest BCUT2D eigenvalue weighted by Gasteiger charge is -2.11. The number of alkyl halides is 5. The first kappa shape index (κ1) is 16.2. The summed E-state index contributed by atoms with van der Waals surface area (Å²) in [5.74, 6) is 0. The van der Waals surface area contributed by atoms with Crippen LogP contribution in [0.5, 0.6) is 0 Å². The summed E-state index contributed by atoms with van der Waals surface area (Å²) in [7, 11) is -4.85. The Hall–Kier alpha value is -1.89. The lowest BCUT2D eigenvalue weighted by molar-refractivity contribution is -0.390. The van der Waals surface area contributed by atoms with E-state index in [-0.39, 0.29) is 6.07 Å². The van der Waals surface area contributed by atoms with E-state index in [1.807, 2.05) is 0 Å². The third-order valence-corrected chi connectivity index (χ3v) is 2.77. The van der Waals surface area contributed by atoms with Crippen LogP contribution in [-0.4, -0.2) is 18.3 Å². The number of sulfonamides is 1. The Labute approximate surface area is 107 Å². The van der Waals surface area contributed by atoms with Crippen LogP contribution in [0.4, 0.5) is 27.6 Å². The first-order valence-electron chi connectivity index (χ1n) is 4.43.